The Hall–Kier alpha value is -2.85. The molecule has 3 rings (SSSR count). The molecule has 1 amide bonds. The van der Waals surface area contributed by atoms with Gasteiger partial charge in [-0.1, -0.05) is 0 Å². The highest BCUT2D eigenvalue weighted by Gasteiger charge is 2.28. The van der Waals surface area contributed by atoms with Gasteiger partial charge in [0.25, 0.3) is 0 Å². The number of amides is 1. The minimum Gasteiger partial charge on any atom is -0.502 e. The molecule has 2 aromatic rings. The molecule has 2 heterocycles. The monoisotopic (exact) mass is 412 g/mol. The lowest BCUT2D eigenvalue weighted by Crippen LogP contribution is -2.35. The summed E-state index contributed by atoms with van der Waals surface area (Å²) in [7, 11) is 0. The number of primary amides is 1. The summed E-state index contributed by atoms with van der Waals surface area (Å²) in [4.78, 5) is 25.7. The molecule has 29 heavy (non-hydrogen) atoms. The van der Waals surface area contributed by atoms with Crippen molar-refractivity contribution in [1.82, 2.24) is 4.90 Å². The Morgan fingerprint density at radius 1 is 1.17 bits per heavy atom. The standard InChI is InChI=1S/C19H19F3N2O5/c20-13-5-10(6-14(21)17(13)22)12(8-16(23)26)19-18(27)15(25)7-11(29-19)9-24-1-3-28-4-2-24/h5-7,12,27H,1-4,8-9H2,(H2,23,26)/t12-/m0/s1. The van der Waals surface area contributed by atoms with Crippen LogP contribution >= 0.6 is 0 Å². The molecule has 1 fully saturated rings. The molecule has 1 aliphatic heterocycles. The molecule has 7 nitrogen and oxygen atoms in total. The zero-order chi connectivity index (χ0) is 21.1. The van der Waals surface area contributed by atoms with E-state index < -0.39 is 46.9 Å². The first-order valence-electron chi connectivity index (χ1n) is 8.85. The number of nitrogens with two attached hydrogens (primary N) is 1. The van der Waals surface area contributed by atoms with E-state index in [0.29, 0.717) is 38.4 Å². The lowest BCUT2D eigenvalue weighted by molar-refractivity contribution is -0.118. The predicted molar refractivity (Wildman–Crippen MR) is 94.7 cm³/mol. The largest absolute Gasteiger partial charge is 0.502 e. The van der Waals surface area contributed by atoms with Crippen molar-refractivity contribution in [3.05, 3.63) is 63.0 Å². The Bertz CT molecular complexity index is 950. The van der Waals surface area contributed by atoms with Gasteiger partial charge in [-0.2, -0.15) is 0 Å². The van der Waals surface area contributed by atoms with Crippen LogP contribution in [0.1, 0.15) is 29.4 Å². The minimum absolute atomic E-state index is 0.183. The third-order valence-electron chi connectivity index (χ3n) is 4.61. The summed E-state index contributed by atoms with van der Waals surface area (Å²) in [5, 5.41) is 10.2. The lowest BCUT2D eigenvalue weighted by atomic mass is 9.91. The van der Waals surface area contributed by atoms with Crippen LogP contribution in [0.4, 0.5) is 13.2 Å². The summed E-state index contributed by atoms with van der Waals surface area (Å²) in [6.45, 7) is 2.43. The van der Waals surface area contributed by atoms with Crippen molar-refractivity contribution in [1.29, 1.82) is 0 Å². The van der Waals surface area contributed by atoms with Crippen LogP contribution in [0, 0.1) is 17.5 Å². The van der Waals surface area contributed by atoms with Crippen molar-refractivity contribution in [2.75, 3.05) is 26.3 Å². The molecule has 0 unspecified atom stereocenters. The fraction of sp³-hybridized carbons (Fsp3) is 0.368. The summed E-state index contributed by atoms with van der Waals surface area (Å²) in [6.07, 6.45) is -0.526. The Balaban J connectivity index is 2.05. The molecule has 0 bridgehead atoms. The third-order valence-corrected chi connectivity index (χ3v) is 4.61. The first-order chi connectivity index (χ1) is 13.8. The molecule has 0 radical (unpaired) electrons. The zero-order valence-electron chi connectivity index (χ0n) is 15.3. The van der Waals surface area contributed by atoms with Gasteiger partial charge < -0.3 is 20.0 Å². The zero-order valence-corrected chi connectivity index (χ0v) is 15.3. The van der Waals surface area contributed by atoms with E-state index in [4.69, 9.17) is 14.9 Å². The van der Waals surface area contributed by atoms with Gasteiger partial charge in [-0.25, -0.2) is 13.2 Å². The molecule has 1 atom stereocenters. The first kappa shape index (κ1) is 20.9. The molecular formula is C19H19F3N2O5. The van der Waals surface area contributed by atoms with Gasteiger partial charge >= 0.3 is 0 Å². The van der Waals surface area contributed by atoms with Gasteiger partial charge in [0.15, 0.2) is 23.2 Å². The number of ether oxygens (including phenoxy) is 1. The third kappa shape index (κ3) is 4.77. The molecule has 3 N–H and O–H groups in total. The first-order valence-corrected chi connectivity index (χ1v) is 8.85. The van der Waals surface area contributed by atoms with Crippen molar-refractivity contribution in [2.45, 2.75) is 18.9 Å². The Labute approximate surface area is 163 Å². The van der Waals surface area contributed by atoms with E-state index in [1.807, 2.05) is 4.90 Å². The fourth-order valence-corrected chi connectivity index (χ4v) is 3.19. The SMILES string of the molecule is NC(=O)C[C@@H](c1cc(F)c(F)c(F)c1)c1oc(CN2CCOCC2)cc(=O)c1O. The van der Waals surface area contributed by atoms with E-state index >= 15 is 0 Å². The van der Waals surface area contributed by atoms with Crippen LogP contribution in [0.2, 0.25) is 0 Å². The van der Waals surface area contributed by atoms with Crippen molar-refractivity contribution in [3.63, 3.8) is 0 Å². The van der Waals surface area contributed by atoms with Gasteiger partial charge in [-0.05, 0) is 17.7 Å². The number of morpholine rings is 1. The molecule has 156 valence electrons. The average molecular weight is 412 g/mol. The van der Waals surface area contributed by atoms with Crippen LogP contribution in [0.3, 0.4) is 0 Å². The Morgan fingerprint density at radius 3 is 2.38 bits per heavy atom. The second-order valence-corrected chi connectivity index (χ2v) is 6.70. The number of halogens is 3. The van der Waals surface area contributed by atoms with Gasteiger partial charge in [0.05, 0.1) is 25.7 Å². The summed E-state index contributed by atoms with van der Waals surface area (Å²) in [5.41, 5.74) is 4.23. The van der Waals surface area contributed by atoms with Gasteiger partial charge in [-0.3, -0.25) is 14.5 Å². The molecular weight excluding hydrogens is 393 g/mol. The maximum Gasteiger partial charge on any atom is 0.227 e. The van der Waals surface area contributed by atoms with Gasteiger partial charge in [0.2, 0.25) is 17.1 Å². The van der Waals surface area contributed by atoms with Crippen molar-refractivity contribution >= 4 is 5.91 Å². The number of carbonyl (C=O) groups is 1. The molecule has 1 saturated heterocycles. The number of carbonyl (C=O) groups excluding carboxylic acids is 1. The average Bonchev–Trinajstić information content (AvgIpc) is 2.67. The van der Waals surface area contributed by atoms with E-state index in [-0.39, 0.29) is 23.6 Å². The van der Waals surface area contributed by atoms with Crippen molar-refractivity contribution in [3.8, 4) is 5.75 Å². The summed E-state index contributed by atoms with van der Waals surface area (Å²) >= 11 is 0. The topological polar surface area (TPSA) is 106 Å². The van der Waals surface area contributed by atoms with Crippen molar-refractivity contribution in [2.24, 2.45) is 5.73 Å². The molecule has 0 aliphatic carbocycles. The lowest BCUT2D eigenvalue weighted by Gasteiger charge is -2.26. The normalized spacial score (nSPS) is 16.0. The number of nitrogens with zero attached hydrogens (tertiary/aromatic N) is 1. The second-order valence-electron chi connectivity index (χ2n) is 6.70. The van der Waals surface area contributed by atoms with E-state index in [9.17, 15) is 27.9 Å². The number of benzene rings is 1. The van der Waals surface area contributed by atoms with Gasteiger partial charge in [0.1, 0.15) is 5.76 Å². The van der Waals surface area contributed by atoms with Crippen LogP contribution in [0.5, 0.6) is 5.75 Å². The highest BCUT2D eigenvalue weighted by Crippen LogP contribution is 2.34. The Morgan fingerprint density at radius 2 is 1.79 bits per heavy atom. The van der Waals surface area contributed by atoms with E-state index in [1.54, 1.807) is 0 Å². The quantitative estimate of drug-likeness (QED) is 0.699. The number of aromatic hydroxyl groups is 1. The Kier molecular flexibility index (Phi) is 6.23. The van der Waals surface area contributed by atoms with Gasteiger partial charge in [-0.15, -0.1) is 0 Å². The summed E-state index contributed by atoms with van der Waals surface area (Å²) in [6, 6.07) is 2.43. The second kappa shape index (κ2) is 8.66. The number of hydrogen-bond donors (Lipinski definition) is 2. The van der Waals surface area contributed by atoms with Crippen LogP contribution < -0.4 is 11.2 Å². The number of hydrogen-bond acceptors (Lipinski definition) is 6. The molecule has 0 spiro atoms. The maximum atomic E-state index is 13.7. The van der Waals surface area contributed by atoms with Crippen LogP contribution in [-0.2, 0) is 16.1 Å². The molecule has 1 aromatic heterocycles. The molecule has 1 aromatic carbocycles. The van der Waals surface area contributed by atoms with Crippen LogP contribution in [-0.4, -0.2) is 42.2 Å². The predicted octanol–water partition coefficient (Wildman–Crippen LogP) is 1.60. The molecule has 0 saturated carbocycles. The minimum atomic E-state index is -1.68. The smallest absolute Gasteiger partial charge is 0.227 e. The van der Waals surface area contributed by atoms with Crippen LogP contribution in [0.15, 0.2) is 27.4 Å². The van der Waals surface area contributed by atoms with Crippen LogP contribution in [0.25, 0.3) is 0 Å². The van der Waals surface area contributed by atoms with E-state index in [2.05, 4.69) is 0 Å². The maximum absolute atomic E-state index is 13.7. The fourth-order valence-electron chi connectivity index (χ4n) is 3.19. The molecule has 1 aliphatic rings. The summed E-state index contributed by atoms with van der Waals surface area (Å²) < 4.78 is 51.7. The van der Waals surface area contributed by atoms with E-state index in [1.165, 1.54) is 0 Å². The summed E-state index contributed by atoms with van der Waals surface area (Å²) in [5.74, 6) is -7.81. The van der Waals surface area contributed by atoms with Crippen molar-refractivity contribution < 1.29 is 32.2 Å². The van der Waals surface area contributed by atoms with E-state index in [0.717, 1.165) is 6.07 Å². The van der Waals surface area contributed by atoms with Gasteiger partial charge in [0, 0.05) is 25.6 Å². The highest BCUT2D eigenvalue weighted by molar-refractivity contribution is 5.75. The number of rotatable bonds is 6. The molecule has 10 heteroatoms. The highest BCUT2D eigenvalue weighted by atomic mass is 19.2.